The van der Waals surface area contributed by atoms with Gasteiger partial charge in [-0.1, -0.05) is 19.4 Å². The summed E-state index contributed by atoms with van der Waals surface area (Å²) in [5, 5.41) is 9.98. The minimum Gasteiger partial charge on any atom is -0.506 e. The van der Waals surface area contributed by atoms with Gasteiger partial charge in [0.25, 0.3) is 0 Å². The summed E-state index contributed by atoms with van der Waals surface area (Å²) in [6, 6.07) is 7.70. The molecule has 1 amide bonds. The summed E-state index contributed by atoms with van der Waals surface area (Å²) in [5.41, 5.74) is 3.09. The Morgan fingerprint density at radius 1 is 1.03 bits per heavy atom. The molecule has 0 radical (unpaired) electrons. The van der Waals surface area contributed by atoms with Crippen LogP contribution in [0.15, 0.2) is 29.3 Å². The van der Waals surface area contributed by atoms with E-state index < -0.39 is 0 Å². The zero-order valence-electron chi connectivity index (χ0n) is 16.1. The van der Waals surface area contributed by atoms with E-state index in [0.29, 0.717) is 12.2 Å². The van der Waals surface area contributed by atoms with Gasteiger partial charge in [-0.05, 0) is 129 Å². The number of phenolic OH excluding ortho intramolecular Hbond substituents is 1. The van der Waals surface area contributed by atoms with Crippen molar-refractivity contribution in [3.05, 3.63) is 46.1 Å². The van der Waals surface area contributed by atoms with Crippen LogP contribution >= 0.6 is 67.8 Å². The molecule has 154 valence electrons. The topological polar surface area (TPSA) is 58.9 Å². The maximum Gasteiger partial charge on any atom is 0.250 e. The zero-order chi connectivity index (χ0) is 21.0. The third-order valence-corrected chi connectivity index (χ3v) is 7.29. The molecule has 7 heteroatoms. The van der Waals surface area contributed by atoms with E-state index in [2.05, 4.69) is 79.7 Å². The lowest BCUT2D eigenvalue weighted by Gasteiger charge is -2.15. The summed E-state index contributed by atoms with van der Waals surface area (Å²) in [6.45, 7) is 2.08. The second-order valence-electron chi connectivity index (χ2n) is 7.07. The number of ether oxygens (including phenoxy) is 1. The monoisotopic (exact) mass is 729 g/mol. The molecule has 2 aromatic rings. The SMILES string of the molecule is CCc1cc(CC(=O)N=C2CCCCC2)cc(I)c1Oc1cc(I)c(O)c(I)c1. The van der Waals surface area contributed by atoms with Gasteiger partial charge < -0.3 is 9.84 Å². The van der Waals surface area contributed by atoms with E-state index in [4.69, 9.17) is 4.74 Å². The normalized spacial score (nSPS) is 14.0. The lowest BCUT2D eigenvalue weighted by molar-refractivity contribution is -0.117. The number of hydrogen-bond acceptors (Lipinski definition) is 3. The Labute approximate surface area is 212 Å². The average molecular weight is 729 g/mol. The number of halogens is 3. The maximum absolute atomic E-state index is 12.4. The summed E-state index contributed by atoms with van der Waals surface area (Å²) in [7, 11) is 0. The van der Waals surface area contributed by atoms with E-state index in [-0.39, 0.29) is 11.7 Å². The van der Waals surface area contributed by atoms with Gasteiger partial charge in [-0.2, -0.15) is 0 Å². The Hall–Kier alpha value is -0.430. The van der Waals surface area contributed by atoms with Crippen LogP contribution in [0.2, 0.25) is 0 Å². The second-order valence-corrected chi connectivity index (χ2v) is 10.6. The fourth-order valence-electron chi connectivity index (χ4n) is 3.37. The number of aryl methyl sites for hydroxylation is 1. The van der Waals surface area contributed by atoms with E-state index in [9.17, 15) is 9.90 Å². The van der Waals surface area contributed by atoms with Crippen molar-refractivity contribution in [1.82, 2.24) is 0 Å². The van der Waals surface area contributed by atoms with Crippen LogP contribution in [-0.2, 0) is 17.6 Å². The van der Waals surface area contributed by atoms with Crippen molar-refractivity contribution in [3.8, 4) is 17.2 Å². The van der Waals surface area contributed by atoms with Gasteiger partial charge in [0.05, 0.1) is 17.1 Å². The van der Waals surface area contributed by atoms with Gasteiger partial charge in [0.15, 0.2) is 0 Å². The molecule has 0 unspecified atom stereocenters. The van der Waals surface area contributed by atoms with Gasteiger partial charge in [0, 0.05) is 5.71 Å². The number of nitrogens with zero attached hydrogens (tertiary/aromatic N) is 1. The highest BCUT2D eigenvalue weighted by atomic mass is 127. The van der Waals surface area contributed by atoms with E-state index in [0.717, 1.165) is 65.4 Å². The highest BCUT2D eigenvalue weighted by Gasteiger charge is 2.15. The summed E-state index contributed by atoms with van der Waals surface area (Å²) in [6.07, 6.45) is 6.57. The minimum absolute atomic E-state index is 0.0592. The smallest absolute Gasteiger partial charge is 0.250 e. The molecule has 0 aliphatic heterocycles. The maximum atomic E-state index is 12.4. The summed E-state index contributed by atoms with van der Waals surface area (Å²) >= 11 is 6.46. The number of aliphatic imine (C=N–C) groups is 1. The third kappa shape index (κ3) is 6.28. The predicted octanol–water partition coefficient (Wildman–Crippen LogP) is 7.03. The molecular weight excluding hydrogens is 707 g/mol. The van der Waals surface area contributed by atoms with Crippen LogP contribution in [0.3, 0.4) is 0 Å². The van der Waals surface area contributed by atoms with Crippen molar-refractivity contribution in [2.75, 3.05) is 0 Å². The number of amides is 1. The standard InChI is InChI=1S/C22H22I3NO3/c1-2-14-8-13(10-20(27)26-15-6-4-3-5-7-15)9-19(25)22(14)29-16-11-17(23)21(28)18(24)12-16/h8-9,11-12,28H,2-7,10H2,1H3. The van der Waals surface area contributed by atoms with Gasteiger partial charge >= 0.3 is 0 Å². The number of hydrogen-bond donors (Lipinski definition) is 1. The van der Waals surface area contributed by atoms with Gasteiger partial charge in [-0.3, -0.25) is 4.79 Å². The Kier molecular flexibility index (Phi) is 8.61. The number of carbonyl (C=O) groups excluding carboxylic acids is 1. The van der Waals surface area contributed by atoms with Crippen LogP contribution in [0, 0.1) is 10.7 Å². The number of phenols is 1. The van der Waals surface area contributed by atoms with Crippen molar-refractivity contribution < 1.29 is 14.6 Å². The quantitative estimate of drug-likeness (QED) is 0.337. The Morgan fingerprint density at radius 2 is 1.69 bits per heavy atom. The average Bonchev–Trinajstić information content (AvgIpc) is 2.68. The summed E-state index contributed by atoms with van der Waals surface area (Å²) in [5.74, 6) is 1.71. The Bertz CT molecular complexity index is 926. The lowest BCUT2D eigenvalue weighted by Crippen LogP contribution is -2.10. The van der Waals surface area contributed by atoms with E-state index in [1.165, 1.54) is 6.42 Å². The van der Waals surface area contributed by atoms with Crippen LogP contribution in [0.1, 0.15) is 50.2 Å². The van der Waals surface area contributed by atoms with Crippen molar-refractivity contribution in [1.29, 1.82) is 0 Å². The molecule has 29 heavy (non-hydrogen) atoms. The van der Waals surface area contributed by atoms with Crippen LogP contribution in [0.25, 0.3) is 0 Å². The van der Waals surface area contributed by atoms with E-state index >= 15 is 0 Å². The fourth-order valence-corrected chi connectivity index (χ4v) is 5.94. The molecule has 0 aromatic heterocycles. The number of rotatable bonds is 5. The molecule has 1 aliphatic carbocycles. The number of benzene rings is 2. The van der Waals surface area contributed by atoms with Crippen LogP contribution in [-0.4, -0.2) is 16.7 Å². The predicted molar refractivity (Wildman–Crippen MR) is 141 cm³/mol. The van der Waals surface area contributed by atoms with Crippen molar-refractivity contribution in [2.24, 2.45) is 4.99 Å². The molecule has 1 saturated carbocycles. The first-order valence-corrected chi connectivity index (χ1v) is 12.9. The van der Waals surface area contributed by atoms with Gasteiger partial charge in [0.2, 0.25) is 5.91 Å². The first-order valence-electron chi connectivity index (χ1n) is 9.63. The van der Waals surface area contributed by atoms with Crippen LogP contribution in [0.4, 0.5) is 0 Å². The fraction of sp³-hybridized carbons (Fsp3) is 0.364. The second kappa shape index (κ2) is 10.7. The number of aromatic hydroxyl groups is 1. The number of carbonyl (C=O) groups is 1. The first-order chi connectivity index (χ1) is 13.9. The summed E-state index contributed by atoms with van der Waals surface area (Å²) in [4.78, 5) is 16.8. The molecule has 0 spiro atoms. The molecule has 1 fully saturated rings. The molecule has 1 N–H and O–H groups in total. The Balaban J connectivity index is 1.81. The highest BCUT2D eigenvalue weighted by molar-refractivity contribution is 14.1. The van der Waals surface area contributed by atoms with Crippen molar-refractivity contribution in [3.63, 3.8) is 0 Å². The molecule has 0 heterocycles. The molecule has 4 nitrogen and oxygen atoms in total. The van der Waals surface area contributed by atoms with Crippen molar-refractivity contribution >= 4 is 79.4 Å². The molecule has 1 aliphatic rings. The molecule has 0 bridgehead atoms. The molecule has 2 aromatic carbocycles. The first kappa shape index (κ1) is 23.2. The van der Waals surface area contributed by atoms with Gasteiger partial charge in [-0.25, -0.2) is 4.99 Å². The van der Waals surface area contributed by atoms with Crippen LogP contribution in [0.5, 0.6) is 17.2 Å². The highest BCUT2D eigenvalue weighted by Crippen LogP contribution is 2.36. The van der Waals surface area contributed by atoms with Crippen molar-refractivity contribution in [2.45, 2.75) is 51.9 Å². The summed E-state index contributed by atoms with van der Waals surface area (Å²) < 4.78 is 8.66. The molecule has 3 rings (SSSR count). The third-order valence-electron chi connectivity index (χ3n) is 4.84. The van der Waals surface area contributed by atoms with Gasteiger partial charge in [-0.15, -0.1) is 0 Å². The Morgan fingerprint density at radius 3 is 2.31 bits per heavy atom. The lowest BCUT2D eigenvalue weighted by atomic mass is 9.98. The molecular formula is C22H22I3NO3. The zero-order valence-corrected chi connectivity index (χ0v) is 22.6. The minimum atomic E-state index is -0.0592. The largest absolute Gasteiger partial charge is 0.506 e. The molecule has 0 atom stereocenters. The van der Waals surface area contributed by atoms with Gasteiger partial charge in [0.1, 0.15) is 17.2 Å². The molecule has 0 saturated heterocycles. The van der Waals surface area contributed by atoms with E-state index in [1.807, 2.05) is 24.3 Å². The van der Waals surface area contributed by atoms with E-state index in [1.54, 1.807) is 0 Å². The van der Waals surface area contributed by atoms with Crippen LogP contribution < -0.4 is 4.74 Å².